The van der Waals surface area contributed by atoms with Crippen LogP contribution in [0, 0.1) is 5.92 Å². The molecule has 0 radical (unpaired) electrons. The maximum Gasteiger partial charge on any atom is 0.263 e. The molecule has 1 amide bonds. The molecule has 1 atom stereocenters. The van der Waals surface area contributed by atoms with E-state index in [2.05, 4.69) is 15.3 Å². The van der Waals surface area contributed by atoms with Crippen molar-refractivity contribution in [2.75, 3.05) is 5.75 Å². The lowest BCUT2D eigenvalue weighted by atomic mass is 10.2. The molecule has 1 N–H and O–H groups in total. The average Bonchev–Trinajstić information content (AvgIpc) is 2.55. The fourth-order valence-corrected chi connectivity index (χ4v) is 3.03. The molecule has 0 saturated heterocycles. The van der Waals surface area contributed by atoms with Crippen LogP contribution < -0.4 is 10.9 Å². The standard InChI is InChI=1S/C17H24N4O2S/c1-5-12(4)19-14(22)10-24-17-20-15-13(7-6-8-18-15)16(23)21(17)9-11(2)3/h6-8,11-12H,5,9-10H2,1-4H3,(H,19,22). The first-order valence-electron chi connectivity index (χ1n) is 8.20. The Labute approximate surface area is 146 Å². The molecular weight excluding hydrogens is 324 g/mol. The van der Waals surface area contributed by atoms with Crippen molar-refractivity contribution in [2.24, 2.45) is 5.92 Å². The zero-order valence-corrected chi connectivity index (χ0v) is 15.4. The molecule has 2 aromatic heterocycles. The van der Waals surface area contributed by atoms with Gasteiger partial charge in [-0.25, -0.2) is 9.97 Å². The second kappa shape index (κ2) is 8.28. The van der Waals surface area contributed by atoms with Crippen molar-refractivity contribution in [3.63, 3.8) is 0 Å². The molecule has 0 aromatic carbocycles. The Morgan fingerprint density at radius 3 is 2.79 bits per heavy atom. The van der Waals surface area contributed by atoms with Gasteiger partial charge in [-0.15, -0.1) is 0 Å². The lowest BCUT2D eigenvalue weighted by Crippen LogP contribution is -2.33. The molecule has 0 fully saturated rings. The molecule has 6 nitrogen and oxygen atoms in total. The van der Waals surface area contributed by atoms with Crippen LogP contribution in [0.1, 0.15) is 34.1 Å². The fourth-order valence-electron chi connectivity index (χ4n) is 2.22. The minimum atomic E-state index is -0.105. The molecule has 24 heavy (non-hydrogen) atoms. The van der Waals surface area contributed by atoms with Gasteiger partial charge in [0.25, 0.3) is 5.56 Å². The molecule has 1 unspecified atom stereocenters. The summed E-state index contributed by atoms with van der Waals surface area (Å²) in [6.45, 7) is 8.64. The highest BCUT2D eigenvalue weighted by atomic mass is 32.2. The van der Waals surface area contributed by atoms with Crippen molar-refractivity contribution in [2.45, 2.75) is 51.9 Å². The van der Waals surface area contributed by atoms with Crippen LogP contribution in [-0.4, -0.2) is 32.2 Å². The zero-order chi connectivity index (χ0) is 17.7. The highest BCUT2D eigenvalue weighted by Gasteiger charge is 2.15. The van der Waals surface area contributed by atoms with Crippen molar-refractivity contribution < 1.29 is 4.79 Å². The molecule has 2 aromatic rings. The first-order valence-corrected chi connectivity index (χ1v) is 9.18. The minimum Gasteiger partial charge on any atom is -0.353 e. The van der Waals surface area contributed by atoms with Gasteiger partial charge >= 0.3 is 0 Å². The number of nitrogens with zero attached hydrogens (tertiary/aromatic N) is 3. The molecule has 130 valence electrons. The summed E-state index contributed by atoms with van der Waals surface area (Å²) >= 11 is 1.28. The van der Waals surface area contributed by atoms with Crippen molar-refractivity contribution >= 4 is 28.7 Å². The topological polar surface area (TPSA) is 76.9 Å². The summed E-state index contributed by atoms with van der Waals surface area (Å²) in [4.78, 5) is 33.4. The van der Waals surface area contributed by atoms with Gasteiger partial charge in [0.1, 0.15) is 0 Å². The second-order valence-corrected chi connectivity index (χ2v) is 7.19. The number of carbonyl (C=O) groups is 1. The van der Waals surface area contributed by atoms with Crippen LogP contribution in [0.5, 0.6) is 0 Å². The van der Waals surface area contributed by atoms with Crippen molar-refractivity contribution in [1.82, 2.24) is 19.9 Å². The average molecular weight is 348 g/mol. The Kier molecular flexibility index (Phi) is 6.36. The van der Waals surface area contributed by atoms with Crippen LogP contribution in [0.3, 0.4) is 0 Å². The monoisotopic (exact) mass is 348 g/mol. The largest absolute Gasteiger partial charge is 0.353 e. The van der Waals surface area contributed by atoms with Gasteiger partial charge in [-0.05, 0) is 31.4 Å². The van der Waals surface area contributed by atoms with Gasteiger partial charge in [0.05, 0.1) is 11.1 Å². The molecule has 0 saturated carbocycles. The van der Waals surface area contributed by atoms with E-state index in [0.717, 1.165) is 6.42 Å². The molecule has 0 spiro atoms. The predicted molar refractivity (Wildman–Crippen MR) is 97.3 cm³/mol. The predicted octanol–water partition coefficient (Wildman–Crippen LogP) is 2.45. The van der Waals surface area contributed by atoms with Gasteiger partial charge in [0.2, 0.25) is 5.91 Å². The van der Waals surface area contributed by atoms with Crippen LogP contribution >= 0.6 is 11.8 Å². The molecular formula is C17H24N4O2S. The Balaban J connectivity index is 2.30. The molecule has 0 bridgehead atoms. The normalized spacial score (nSPS) is 12.5. The Hall–Kier alpha value is -1.89. The number of rotatable bonds is 7. The fraction of sp³-hybridized carbons (Fsp3) is 0.529. The number of nitrogens with one attached hydrogen (secondary N) is 1. The third kappa shape index (κ3) is 4.56. The Morgan fingerprint density at radius 2 is 2.12 bits per heavy atom. The van der Waals surface area contributed by atoms with E-state index in [4.69, 9.17) is 0 Å². The molecule has 2 heterocycles. The number of hydrogen-bond donors (Lipinski definition) is 1. The van der Waals surface area contributed by atoms with Crippen LogP contribution in [0.2, 0.25) is 0 Å². The van der Waals surface area contributed by atoms with Crippen molar-refractivity contribution in [3.05, 3.63) is 28.7 Å². The molecule has 0 aliphatic carbocycles. The summed E-state index contributed by atoms with van der Waals surface area (Å²) in [7, 11) is 0. The summed E-state index contributed by atoms with van der Waals surface area (Å²) in [6, 6.07) is 3.61. The summed E-state index contributed by atoms with van der Waals surface area (Å²) in [6.07, 6.45) is 2.50. The summed E-state index contributed by atoms with van der Waals surface area (Å²) in [5.41, 5.74) is 0.318. The number of aromatic nitrogens is 3. The number of carbonyl (C=O) groups excluding carboxylic acids is 1. The summed E-state index contributed by atoms with van der Waals surface area (Å²) < 4.78 is 1.65. The first-order chi connectivity index (χ1) is 11.4. The van der Waals surface area contributed by atoms with E-state index in [-0.39, 0.29) is 23.3 Å². The summed E-state index contributed by atoms with van der Waals surface area (Å²) in [5, 5.41) is 3.97. The maximum atomic E-state index is 12.7. The van der Waals surface area contributed by atoms with E-state index in [1.807, 2.05) is 27.7 Å². The second-order valence-electron chi connectivity index (χ2n) is 6.24. The quantitative estimate of drug-likeness (QED) is 0.614. The van der Waals surface area contributed by atoms with E-state index < -0.39 is 0 Å². The van der Waals surface area contributed by atoms with Crippen LogP contribution in [0.15, 0.2) is 28.3 Å². The smallest absolute Gasteiger partial charge is 0.263 e. The summed E-state index contributed by atoms with van der Waals surface area (Å²) in [5.74, 6) is 0.473. The number of thioether (sulfide) groups is 1. The van der Waals surface area contributed by atoms with Gasteiger partial charge in [-0.2, -0.15) is 0 Å². The highest BCUT2D eigenvalue weighted by Crippen LogP contribution is 2.17. The van der Waals surface area contributed by atoms with Gasteiger partial charge in [-0.3, -0.25) is 14.2 Å². The van der Waals surface area contributed by atoms with E-state index in [1.165, 1.54) is 11.8 Å². The molecule has 0 aliphatic rings. The van der Waals surface area contributed by atoms with Gasteiger partial charge < -0.3 is 5.32 Å². The van der Waals surface area contributed by atoms with Crippen LogP contribution in [0.25, 0.3) is 11.0 Å². The van der Waals surface area contributed by atoms with Crippen LogP contribution in [0.4, 0.5) is 0 Å². The first kappa shape index (κ1) is 18.4. The van der Waals surface area contributed by atoms with Crippen LogP contribution in [-0.2, 0) is 11.3 Å². The van der Waals surface area contributed by atoms with Gasteiger partial charge in [0.15, 0.2) is 10.8 Å². The van der Waals surface area contributed by atoms with E-state index in [9.17, 15) is 9.59 Å². The SMILES string of the molecule is CCC(C)NC(=O)CSc1nc2ncccc2c(=O)n1CC(C)C. The number of pyridine rings is 1. The number of amides is 1. The van der Waals surface area contributed by atoms with Crippen molar-refractivity contribution in [1.29, 1.82) is 0 Å². The Morgan fingerprint density at radius 1 is 1.38 bits per heavy atom. The van der Waals surface area contributed by atoms with E-state index in [1.54, 1.807) is 22.9 Å². The zero-order valence-electron chi connectivity index (χ0n) is 14.6. The number of hydrogen-bond acceptors (Lipinski definition) is 5. The highest BCUT2D eigenvalue weighted by molar-refractivity contribution is 7.99. The Bertz CT molecular complexity index is 773. The molecule has 7 heteroatoms. The van der Waals surface area contributed by atoms with E-state index >= 15 is 0 Å². The number of fused-ring (bicyclic) bond motifs is 1. The maximum absolute atomic E-state index is 12.7. The third-order valence-electron chi connectivity index (χ3n) is 3.59. The molecule has 2 rings (SSSR count). The lowest BCUT2D eigenvalue weighted by molar-refractivity contribution is -0.119. The third-order valence-corrected chi connectivity index (χ3v) is 4.57. The van der Waals surface area contributed by atoms with Gasteiger partial charge in [0, 0.05) is 18.8 Å². The van der Waals surface area contributed by atoms with Crippen molar-refractivity contribution in [3.8, 4) is 0 Å². The van der Waals surface area contributed by atoms with Gasteiger partial charge in [-0.1, -0.05) is 32.5 Å². The van der Waals surface area contributed by atoms with E-state index in [0.29, 0.717) is 28.7 Å². The lowest BCUT2D eigenvalue weighted by Gasteiger charge is -2.15. The molecule has 0 aliphatic heterocycles. The minimum absolute atomic E-state index is 0.0548.